The summed E-state index contributed by atoms with van der Waals surface area (Å²) in [4.78, 5) is 87.5. The highest BCUT2D eigenvalue weighted by atomic mass is 16.7. The van der Waals surface area contributed by atoms with Crippen LogP contribution in [0.4, 0.5) is 0 Å². The van der Waals surface area contributed by atoms with E-state index < -0.39 is 78.7 Å². The number of nitrogens with one attached hydrogen (secondary N) is 7. The highest BCUT2D eigenvalue weighted by Gasteiger charge is 2.68. The number of rotatable bonds is 25. The van der Waals surface area contributed by atoms with Crippen molar-refractivity contribution in [1.29, 1.82) is 0 Å². The van der Waals surface area contributed by atoms with E-state index in [2.05, 4.69) is 86.9 Å². The summed E-state index contributed by atoms with van der Waals surface area (Å²) in [7, 11) is -0.939. The van der Waals surface area contributed by atoms with Gasteiger partial charge in [0.2, 0.25) is 23.6 Å². The van der Waals surface area contributed by atoms with Gasteiger partial charge in [-0.25, -0.2) is 4.98 Å². The van der Waals surface area contributed by atoms with Gasteiger partial charge in [-0.1, -0.05) is 63.6 Å². The quantitative estimate of drug-likeness (QED) is 0.0319. The molecule has 4 fully saturated rings. The third kappa shape index (κ3) is 13.2. The molecule has 20 nitrogen and oxygen atoms in total. The molecule has 1 aromatic heterocycles. The van der Waals surface area contributed by atoms with E-state index in [9.17, 15) is 33.9 Å². The fourth-order valence-corrected chi connectivity index (χ4v) is 9.91. The lowest BCUT2D eigenvalue weighted by Crippen LogP contribution is -2.65. The number of carbonyl (C=O) groups is 6. The smallest absolute Gasteiger partial charge is 0.403 e. The number of benzene rings is 2. The molecule has 0 radical (unpaired) electrons. The molecule has 1 unspecified atom stereocenters. The van der Waals surface area contributed by atoms with Gasteiger partial charge in [0.15, 0.2) is 6.17 Å². The van der Waals surface area contributed by atoms with E-state index in [1.54, 1.807) is 18.3 Å². The largest absolute Gasteiger partial charge is 0.497 e. The van der Waals surface area contributed by atoms with Gasteiger partial charge in [-0.05, 0) is 111 Å². The number of unbranched alkanes of at least 4 members (excludes halogenated alkanes) is 2. The van der Waals surface area contributed by atoms with E-state index in [4.69, 9.17) is 26.5 Å². The molecule has 3 saturated carbocycles. The number of imidazole rings is 1. The van der Waals surface area contributed by atoms with Crippen molar-refractivity contribution in [2.24, 2.45) is 34.5 Å². The van der Waals surface area contributed by atoms with Crippen LogP contribution < -0.4 is 49.1 Å². The fraction of sp³-hybridized carbons (Fsp3) is 0.571. The maximum atomic E-state index is 13.7. The normalized spacial score (nSPS) is 22.4. The van der Waals surface area contributed by atoms with Crippen LogP contribution in [0.2, 0.25) is 0 Å². The molecular weight excluding hydrogens is 897 g/mol. The van der Waals surface area contributed by atoms with E-state index in [1.807, 2.05) is 19.1 Å². The summed E-state index contributed by atoms with van der Waals surface area (Å²) in [6.45, 7) is 10.2. The van der Waals surface area contributed by atoms with Crippen molar-refractivity contribution >= 4 is 42.6 Å². The molecule has 70 heavy (non-hydrogen) atoms. The van der Waals surface area contributed by atoms with Crippen LogP contribution in [0.25, 0.3) is 11.1 Å². The van der Waals surface area contributed by atoms with Crippen molar-refractivity contribution in [2.45, 2.75) is 147 Å². The molecule has 380 valence electrons. The maximum absolute atomic E-state index is 13.7. The number of aliphatic hydroxyl groups is 1. The Balaban J connectivity index is 0.992. The molecule has 2 aromatic carbocycles. The van der Waals surface area contributed by atoms with Crippen molar-refractivity contribution in [3.63, 3.8) is 0 Å². The van der Waals surface area contributed by atoms with Crippen LogP contribution >= 0.6 is 0 Å². The molecular formula is C49H72BN11O9. The second kappa shape index (κ2) is 23.9. The number of hydrogen-bond donors (Lipinski definition) is 11. The van der Waals surface area contributed by atoms with Crippen molar-refractivity contribution < 1.29 is 43.2 Å². The molecule has 3 aliphatic carbocycles. The Labute approximate surface area is 410 Å². The summed E-state index contributed by atoms with van der Waals surface area (Å²) in [5.74, 6) is -3.62. The first-order chi connectivity index (χ1) is 33.3. The molecule has 14 N–H and O–H groups in total. The summed E-state index contributed by atoms with van der Waals surface area (Å²) in [5, 5.41) is 26.0. The standard InChI is InChI=1S/C49H72BN11O9/c1-6-7-10-29-12-14-30(15-13-29)31-16-18-32(19-17-31)42(64)55-22-20-39(63)57-35(11-8-9-21-51)43(65)59-40(28(2)62)45(67)60-41(52)46(68)58-36(25-34-26-54-27-56-34)44(66)61-47(53)50-69-38-24-33-23-37(48(33,3)4)49(38,5)70-50/h12-19,26-28,33,35-38,40-41,47,62H,6-11,20-25,51-53H2,1-5H3,(H,54,56)(H,55,64)(H,57,63)(H,58,68)(H,59,65)(H,60,67)(H,61,66)/t28-,33+,35+,36+,37+,38?,40+,41-,47-,49+/m1/s1. The van der Waals surface area contributed by atoms with Crippen LogP contribution in [0.15, 0.2) is 61.1 Å². The average molecular weight is 970 g/mol. The van der Waals surface area contributed by atoms with Crippen molar-refractivity contribution in [3.05, 3.63) is 77.9 Å². The van der Waals surface area contributed by atoms with Crippen LogP contribution in [-0.2, 0) is 46.1 Å². The predicted molar refractivity (Wildman–Crippen MR) is 262 cm³/mol. The predicted octanol–water partition coefficient (Wildman–Crippen LogP) is 0.816. The lowest BCUT2D eigenvalue weighted by molar-refractivity contribution is -0.199. The maximum Gasteiger partial charge on any atom is 0.497 e. The molecule has 0 spiro atoms. The van der Waals surface area contributed by atoms with Crippen molar-refractivity contribution in [3.8, 4) is 11.1 Å². The number of aliphatic hydroxyl groups excluding tert-OH is 1. The molecule has 1 aliphatic heterocycles. The Morgan fingerprint density at radius 3 is 2.17 bits per heavy atom. The molecule has 4 aliphatic rings. The summed E-state index contributed by atoms with van der Waals surface area (Å²) in [6, 6.07) is 10.4. The van der Waals surface area contributed by atoms with Gasteiger partial charge in [-0.3, -0.25) is 28.8 Å². The van der Waals surface area contributed by atoms with E-state index in [-0.39, 0.29) is 49.2 Å². The minimum absolute atomic E-state index is 0.0267. The first-order valence-corrected chi connectivity index (χ1v) is 24.5. The van der Waals surface area contributed by atoms with Crippen molar-refractivity contribution in [2.75, 3.05) is 13.1 Å². The fourth-order valence-electron chi connectivity index (χ4n) is 9.91. The van der Waals surface area contributed by atoms with Crippen LogP contribution in [-0.4, -0.2) is 119 Å². The van der Waals surface area contributed by atoms with Crippen LogP contribution in [0.1, 0.15) is 108 Å². The van der Waals surface area contributed by atoms with E-state index in [0.29, 0.717) is 36.6 Å². The Morgan fingerprint density at radius 2 is 1.54 bits per heavy atom. The zero-order valence-corrected chi connectivity index (χ0v) is 40.9. The Kier molecular flexibility index (Phi) is 18.3. The summed E-state index contributed by atoms with van der Waals surface area (Å²) in [5.41, 5.74) is 21.9. The van der Waals surface area contributed by atoms with E-state index in [0.717, 1.165) is 43.2 Å². The minimum Gasteiger partial charge on any atom is -0.403 e. The SMILES string of the molecule is CCCCc1ccc(-c2ccc(C(=O)NCCC(=O)N[C@@H](CCCCN)C(=O)N[C@H](C(=O)N[C@@H](N)C(=O)N[C@@H](Cc3c[nH]cn3)C(=O)N[C@@H](N)B3OC4C[C@@H]5C[C@@H](C5(C)C)[C@]4(C)O3)[C@@H](C)O)cc2)cc1. The Hall–Kier alpha value is -5.71. The second-order valence-corrected chi connectivity index (χ2v) is 19.7. The number of hydrogen-bond acceptors (Lipinski definition) is 13. The third-order valence-corrected chi connectivity index (χ3v) is 14.3. The van der Waals surface area contributed by atoms with Crippen LogP contribution in [0.5, 0.6) is 0 Å². The topological polar surface area (TPSA) is 320 Å². The molecule has 2 heterocycles. The number of H-pyrrole nitrogens is 1. The number of aromatic nitrogens is 2. The molecule has 6 amide bonds. The molecule has 3 aromatic rings. The minimum atomic E-state index is -1.76. The van der Waals surface area contributed by atoms with Gasteiger partial charge in [0.1, 0.15) is 24.2 Å². The molecule has 7 rings (SSSR count). The third-order valence-electron chi connectivity index (χ3n) is 14.3. The molecule has 10 atom stereocenters. The molecule has 1 saturated heterocycles. The van der Waals surface area contributed by atoms with Gasteiger partial charge in [-0.15, -0.1) is 0 Å². The summed E-state index contributed by atoms with van der Waals surface area (Å²) in [6.07, 6.45) is 5.56. The summed E-state index contributed by atoms with van der Waals surface area (Å²) >= 11 is 0. The molecule has 2 bridgehead atoms. The number of amides is 6. The monoisotopic (exact) mass is 970 g/mol. The van der Waals surface area contributed by atoms with E-state index >= 15 is 0 Å². The number of aromatic amines is 1. The average Bonchev–Trinajstić information content (AvgIpc) is 3.99. The van der Waals surface area contributed by atoms with Crippen LogP contribution in [0, 0.1) is 17.3 Å². The second-order valence-electron chi connectivity index (χ2n) is 19.7. The van der Waals surface area contributed by atoms with Gasteiger partial charge in [-0.2, -0.15) is 0 Å². The van der Waals surface area contributed by atoms with Gasteiger partial charge in [0.25, 0.3) is 11.8 Å². The Morgan fingerprint density at radius 1 is 0.857 bits per heavy atom. The zero-order chi connectivity index (χ0) is 50.8. The van der Waals surface area contributed by atoms with Gasteiger partial charge >= 0.3 is 7.12 Å². The molecule has 21 heteroatoms. The lowest BCUT2D eigenvalue weighted by atomic mass is 9.43. The van der Waals surface area contributed by atoms with Crippen molar-refractivity contribution in [1.82, 2.24) is 41.9 Å². The number of carbonyl (C=O) groups excluding carboxylic acids is 6. The highest BCUT2D eigenvalue weighted by molar-refractivity contribution is 6.47. The number of nitrogens with zero attached hydrogens (tertiary/aromatic N) is 1. The van der Waals surface area contributed by atoms with Gasteiger partial charge < -0.3 is 68.5 Å². The van der Waals surface area contributed by atoms with Crippen LogP contribution in [0.3, 0.4) is 0 Å². The number of nitrogens with two attached hydrogens (primary N) is 3. The van der Waals surface area contributed by atoms with Gasteiger partial charge in [0.05, 0.1) is 29.8 Å². The zero-order valence-electron chi connectivity index (χ0n) is 40.9. The lowest BCUT2D eigenvalue weighted by Gasteiger charge is -2.64. The first-order valence-electron chi connectivity index (χ1n) is 24.5. The first kappa shape index (κ1) is 53.6. The Bertz CT molecular complexity index is 2270. The number of aryl methyl sites for hydroxylation is 1. The highest BCUT2D eigenvalue weighted by Crippen LogP contribution is 2.65. The van der Waals surface area contributed by atoms with E-state index in [1.165, 1.54) is 18.8 Å². The summed E-state index contributed by atoms with van der Waals surface area (Å²) < 4.78 is 12.6. The van der Waals surface area contributed by atoms with Gasteiger partial charge in [0, 0.05) is 31.1 Å².